The minimum atomic E-state index is 0.453. The minimum absolute atomic E-state index is 0.453. The number of hydrogen-bond acceptors (Lipinski definition) is 1. The third-order valence-corrected chi connectivity index (χ3v) is 3.75. The lowest BCUT2D eigenvalue weighted by Crippen LogP contribution is -1.89. The van der Waals surface area contributed by atoms with Crippen molar-refractivity contribution in [2.24, 2.45) is 0 Å². The second-order valence-corrected chi connectivity index (χ2v) is 5.34. The number of rotatable bonds is 7. The van der Waals surface area contributed by atoms with E-state index in [0.29, 0.717) is 5.75 Å². The van der Waals surface area contributed by atoms with Crippen molar-refractivity contribution in [1.82, 2.24) is 0 Å². The normalized spacial score (nSPS) is 10.7. The molecule has 1 nitrogen and oxygen atoms in total. The van der Waals surface area contributed by atoms with Crippen LogP contribution in [0.5, 0.6) is 5.75 Å². The van der Waals surface area contributed by atoms with Crippen LogP contribution < -0.4 is 0 Å². The zero-order valence-electron chi connectivity index (χ0n) is 12.3. The fraction of sp³-hybridized carbons (Fsp3) is 0.368. The van der Waals surface area contributed by atoms with E-state index >= 15 is 0 Å². The number of aromatic hydroxyl groups is 1. The highest BCUT2D eigenvalue weighted by Crippen LogP contribution is 2.32. The van der Waals surface area contributed by atoms with Crippen molar-refractivity contribution in [1.29, 1.82) is 0 Å². The zero-order chi connectivity index (χ0) is 14.2. The Morgan fingerprint density at radius 2 is 1.55 bits per heavy atom. The molecule has 0 radical (unpaired) electrons. The average Bonchev–Trinajstić information content (AvgIpc) is 2.49. The molecule has 0 heterocycles. The van der Waals surface area contributed by atoms with E-state index in [4.69, 9.17) is 0 Å². The third kappa shape index (κ3) is 3.86. The first kappa shape index (κ1) is 14.6. The Morgan fingerprint density at radius 1 is 0.800 bits per heavy atom. The summed E-state index contributed by atoms with van der Waals surface area (Å²) >= 11 is 0. The number of unbranched alkanes of at least 4 members (excludes halogenated alkanes) is 4. The predicted octanol–water partition coefficient (Wildman–Crippen LogP) is 5.57. The van der Waals surface area contributed by atoms with Gasteiger partial charge in [-0.25, -0.2) is 0 Å². The van der Waals surface area contributed by atoms with Gasteiger partial charge in [-0.3, -0.25) is 0 Å². The molecule has 0 unspecified atom stereocenters. The van der Waals surface area contributed by atoms with Crippen LogP contribution >= 0.6 is 0 Å². The molecule has 2 aromatic carbocycles. The van der Waals surface area contributed by atoms with Crippen LogP contribution in [0.25, 0.3) is 11.1 Å². The van der Waals surface area contributed by atoms with Crippen molar-refractivity contribution in [2.75, 3.05) is 0 Å². The molecule has 0 bridgehead atoms. The summed E-state index contributed by atoms with van der Waals surface area (Å²) in [6.45, 7) is 2.23. The van der Waals surface area contributed by atoms with Crippen molar-refractivity contribution in [2.45, 2.75) is 45.4 Å². The fourth-order valence-electron chi connectivity index (χ4n) is 2.56. The summed E-state index contributed by atoms with van der Waals surface area (Å²) in [7, 11) is 0. The number of benzene rings is 2. The first-order valence-corrected chi connectivity index (χ1v) is 7.69. The summed E-state index contributed by atoms with van der Waals surface area (Å²) in [6.07, 6.45) is 7.27. The Morgan fingerprint density at radius 3 is 2.30 bits per heavy atom. The van der Waals surface area contributed by atoms with E-state index in [-0.39, 0.29) is 0 Å². The van der Waals surface area contributed by atoms with Gasteiger partial charge in [0.15, 0.2) is 0 Å². The van der Waals surface area contributed by atoms with Gasteiger partial charge in [0.05, 0.1) is 0 Å². The highest BCUT2D eigenvalue weighted by molar-refractivity contribution is 5.71. The first-order chi connectivity index (χ1) is 9.83. The van der Waals surface area contributed by atoms with Crippen molar-refractivity contribution < 1.29 is 5.11 Å². The van der Waals surface area contributed by atoms with Gasteiger partial charge in [0.1, 0.15) is 5.75 Å². The minimum Gasteiger partial charge on any atom is -0.507 e. The predicted molar refractivity (Wildman–Crippen MR) is 86.0 cm³/mol. The maximum atomic E-state index is 10.4. The quantitative estimate of drug-likeness (QED) is 0.651. The average molecular weight is 268 g/mol. The highest BCUT2D eigenvalue weighted by atomic mass is 16.3. The molecule has 0 aromatic heterocycles. The summed E-state index contributed by atoms with van der Waals surface area (Å²) < 4.78 is 0. The number of aryl methyl sites for hydroxylation is 1. The van der Waals surface area contributed by atoms with Crippen molar-refractivity contribution in [3.63, 3.8) is 0 Å². The van der Waals surface area contributed by atoms with E-state index in [1.807, 2.05) is 48.5 Å². The molecule has 0 aliphatic heterocycles. The van der Waals surface area contributed by atoms with E-state index in [0.717, 1.165) is 29.5 Å². The monoisotopic (exact) mass is 268 g/mol. The van der Waals surface area contributed by atoms with Crippen LogP contribution in [0.1, 0.15) is 44.6 Å². The molecular weight excluding hydrogens is 244 g/mol. The maximum absolute atomic E-state index is 10.4. The lowest BCUT2D eigenvalue weighted by Gasteiger charge is -2.10. The Bertz CT molecular complexity index is 517. The van der Waals surface area contributed by atoms with Gasteiger partial charge in [-0.15, -0.1) is 0 Å². The molecule has 0 spiro atoms. The molecule has 1 N–H and O–H groups in total. The Labute approximate surface area is 122 Å². The summed E-state index contributed by atoms with van der Waals surface area (Å²) in [5.41, 5.74) is 3.09. The summed E-state index contributed by atoms with van der Waals surface area (Å²) in [5.74, 6) is 0.453. The van der Waals surface area contributed by atoms with Crippen LogP contribution in [0.15, 0.2) is 48.5 Å². The standard InChI is InChI=1S/C19H24O/c1-2-3-4-5-7-13-17-14-10-15-18(19(17)20)16-11-8-6-9-12-16/h6,8-12,14-15,20H,2-5,7,13H2,1H3. The lowest BCUT2D eigenvalue weighted by molar-refractivity contribution is 0.468. The molecule has 1 heteroatoms. The molecule has 106 valence electrons. The molecule has 0 saturated carbocycles. The van der Waals surface area contributed by atoms with Crippen molar-refractivity contribution >= 4 is 0 Å². The molecular formula is C19H24O. The van der Waals surface area contributed by atoms with Crippen LogP contribution in [0.4, 0.5) is 0 Å². The first-order valence-electron chi connectivity index (χ1n) is 7.69. The molecule has 0 atom stereocenters. The van der Waals surface area contributed by atoms with E-state index in [2.05, 4.69) is 6.92 Å². The van der Waals surface area contributed by atoms with E-state index < -0.39 is 0 Å². The second kappa shape index (κ2) is 7.74. The Kier molecular flexibility index (Phi) is 5.67. The van der Waals surface area contributed by atoms with E-state index in [9.17, 15) is 5.11 Å². The number of hydrogen-bond donors (Lipinski definition) is 1. The molecule has 2 rings (SSSR count). The summed E-state index contributed by atoms with van der Waals surface area (Å²) in [4.78, 5) is 0. The van der Waals surface area contributed by atoms with Gasteiger partial charge in [0.2, 0.25) is 0 Å². The van der Waals surface area contributed by atoms with Crippen LogP contribution in [0.3, 0.4) is 0 Å². The SMILES string of the molecule is CCCCCCCc1cccc(-c2ccccc2)c1O. The van der Waals surface area contributed by atoms with E-state index in [1.54, 1.807) is 0 Å². The third-order valence-electron chi connectivity index (χ3n) is 3.75. The fourth-order valence-corrected chi connectivity index (χ4v) is 2.56. The molecule has 0 amide bonds. The van der Waals surface area contributed by atoms with Crippen LogP contribution in [-0.2, 0) is 6.42 Å². The van der Waals surface area contributed by atoms with E-state index in [1.165, 1.54) is 25.7 Å². The number of phenolic OH excluding ortho intramolecular Hbond substituents is 1. The van der Waals surface area contributed by atoms with Crippen LogP contribution in [0.2, 0.25) is 0 Å². The van der Waals surface area contributed by atoms with Crippen molar-refractivity contribution in [3.8, 4) is 16.9 Å². The topological polar surface area (TPSA) is 20.2 Å². The lowest BCUT2D eigenvalue weighted by atomic mass is 9.98. The number of para-hydroxylation sites is 1. The molecule has 0 saturated heterocycles. The van der Waals surface area contributed by atoms with Crippen LogP contribution in [0, 0.1) is 0 Å². The maximum Gasteiger partial charge on any atom is 0.126 e. The summed E-state index contributed by atoms with van der Waals surface area (Å²) in [5, 5.41) is 10.4. The Balaban J connectivity index is 2.04. The van der Waals surface area contributed by atoms with Gasteiger partial charge >= 0.3 is 0 Å². The summed E-state index contributed by atoms with van der Waals surface area (Å²) in [6, 6.07) is 16.2. The van der Waals surface area contributed by atoms with Gasteiger partial charge in [-0.05, 0) is 24.0 Å². The highest BCUT2D eigenvalue weighted by Gasteiger charge is 2.08. The number of phenols is 1. The van der Waals surface area contributed by atoms with Gasteiger partial charge in [-0.2, -0.15) is 0 Å². The van der Waals surface area contributed by atoms with Gasteiger partial charge in [0, 0.05) is 5.56 Å². The molecule has 2 aromatic rings. The van der Waals surface area contributed by atoms with Gasteiger partial charge in [0.25, 0.3) is 0 Å². The molecule has 0 aliphatic carbocycles. The zero-order valence-corrected chi connectivity index (χ0v) is 12.3. The largest absolute Gasteiger partial charge is 0.507 e. The Hall–Kier alpha value is -1.76. The van der Waals surface area contributed by atoms with Gasteiger partial charge in [-0.1, -0.05) is 81.1 Å². The van der Waals surface area contributed by atoms with Gasteiger partial charge < -0.3 is 5.11 Å². The molecule has 0 fully saturated rings. The molecule has 0 aliphatic rings. The molecule has 20 heavy (non-hydrogen) atoms. The second-order valence-electron chi connectivity index (χ2n) is 5.34. The van der Waals surface area contributed by atoms with Crippen molar-refractivity contribution in [3.05, 3.63) is 54.1 Å². The van der Waals surface area contributed by atoms with Crippen LogP contribution in [-0.4, -0.2) is 5.11 Å². The smallest absolute Gasteiger partial charge is 0.126 e.